The summed E-state index contributed by atoms with van der Waals surface area (Å²) < 4.78 is 2.14. The van der Waals surface area contributed by atoms with Gasteiger partial charge < -0.3 is 10.6 Å². The van der Waals surface area contributed by atoms with Gasteiger partial charge in [0.15, 0.2) is 5.96 Å². The van der Waals surface area contributed by atoms with Crippen molar-refractivity contribution in [2.24, 2.45) is 4.99 Å². The zero-order valence-corrected chi connectivity index (χ0v) is 16.2. The predicted octanol–water partition coefficient (Wildman–Crippen LogP) is 3.39. The highest BCUT2D eigenvalue weighted by Crippen LogP contribution is 2.28. The second-order valence-electron chi connectivity index (χ2n) is 6.20. The molecule has 5 nitrogen and oxygen atoms in total. The van der Waals surface area contributed by atoms with Gasteiger partial charge in [-0.05, 0) is 38.7 Å². The van der Waals surface area contributed by atoms with Gasteiger partial charge in [0.1, 0.15) is 0 Å². The van der Waals surface area contributed by atoms with Gasteiger partial charge in [0.05, 0.1) is 18.3 Å². The molecule has 3 rings (SSSR count). The highest BCUT2D eigenvalue weighted by atomic mass is 127. The molecule has 1 heterocycles. The molecule has 1 aromatic heterocycles. The van der Waals surface area contributed by atoms with Crippen molar-refractivity contribution in [1.29, 1.82) is 0 Å². The van der Waals surface area contributed by atoms with Crippen LogP contribution in [0.4, 0.5) is 0 Å². The van der Waals surface area contributed by atoms with E-state index in [4.69, 9.17) is 5.10 Å². The average Bonchev–Trinajstić information content (AvgIpc) is 3.26. The normalized spacial score (nSPS) is 19.1. The first-order valence-electron chi connectivity index (χ1n) is 8.59. The van der Waals surface area contributed by atoms with Gasteiger partial charge in [-0.15, -0.1) is 24.0 Å². The summed E-state index contributed by atoms with van der Waals surface area (Å²) in [5, 5.41) is 11.5. The van der Waals surface area contributed by atoms with Crippen LogP contribution in [-0.2, 0) is 6.54 Å². The Bertz CT molecular complexity index is 523. The maximum absolute atomic E-state index is 4.70. The summed E-state index contributed by atoms with van der Waals surface area (Å²) in [6.07, 6.45) is 13.9. The quantitative estimate of drug-likeness (QED) is 0.327. The fourth-order valence-corrected chi connectivity index (χ4v) is 3.24. The molecule has 128 valence electrons. The van der Waals surface area contributed by atoms with Crippen LogP contribution in [0.25, 0.3) is 0 Å². The van der Waals surface area contributed by atoms with E-state index in [2.05, 4.69) is 51.6 Å². The van der Waals surface area contributed by atoms with E-state index >= 15 is 0 Å². The number of rotatable bonds is 5. The number of hydrogen-bond acceptors (Lipinski definition) is 2. The monoisotopic (exact) mass is 429 g/mol. The molecule has 2 N–H and O–H groups in total. The number of hydrogen-bond donors (Lipinski definition) is 2. The topological polar surface area (TPSA) is 54.2 Å². The van der Waals surface area contributed by atoms with Crippen LogP contribution in [0.3, 0.4) is 0 Å². The minimum atomic E-state index is 0. The van der Waals surface area contributed by atoms with E-state index in [1.54, 1.807) is 0 Å². The summed E-state index contributed by atoms with van der Waals surface area (Å²) in [5.74, 6) is 0.895. The smallest absolute Gasteiger partial charge is 0.191 e. The lowest BCUT2D eigenvalue weighted by Gasteiger charge is -2.16. The van der Waals surface area contributed by atoms with Gasteiger partial charge in [-0.1, -0.05) is 25.0 Å². The van der Waals surface area contributed by atoms with E-state index in [-0.39, 0.29) is 24.0 Å². The van der Waals surface area contributed by atoms with Crippen molar-refractivity contribution in [3.05, 3.63) is 30.1 Å². The van der Waals surface area contributed by atoms with E-state index in [1.807, 2.05) is 0 Å². The fraction of sp³-hybridized carbons (Fsp3) is 0.647. The molecule has 0 radical (unpaired) electrons. The van der Waals surface area contributed by atoms with Gasteiger partial charge in [0.25, 0.3) is 0 Å². The number of nitrogens with one attached hydrogen (secondary N) is 2. The zero-order chi connectivity index (χ0) is 15.2. The summed E-state index contributed by atoms with van der Waals surface area (Å²) in [7, 11) is 0. The van der Waals surface area contributed by atoms with E-state index in [9.17, 15) is 0 Å². The molecular formula is C17H28IN5. The number of halogens is 1. The lowest BCUT2D eigenvalue weighted by Crippen LogP contribution is -2.42. The van der Waals surface area contributed by atoms with Crippen LogP contribution in [0.1, 0.15) is 57.2 Å². The van der Waals surface area contributed by atoms with Gasteiger partial charge in [-0.25, -0.2) is 4.99 Å². The molecule has 0 saturated heterocycles. The van der Waals surface area contributed by atoms with Gasteiger partial charge in [-0.2, -0.15) is 5.10 Å². The van der Waals surface area contributed by atoms with E-state index in [0.29, 0.717) is 18.6 Å². The average molecular weight is 429 g/mol. The number of aliphatic imine (C=N–C) groups is 1. The minimum Gasteiger partial charge on any atom is -0.357 e. The molecule has 0 unspecified atom stereocenters. The van der Waals surface area contributed by atoms with Crippen LogP contribution >= 0.6 is 24.0 Å². The Morgan fingerprint density at radius 1 is 1.30 bits per heavy atom. The Kier molecular flexibility index (Phi) is 7.39. The summed E-state index contributed by atoms with van der Waals surface area (Å²) in [6, 6.07) is 3.19. The van der Waals surface area contributed by atoms with Crippen LogP contribution < -0.4 is 10.6 Å². The Balaban J connectivity index is 0.00000192. The molecule has 0 spiro atoms. The highest BCUT2D eigenvalue weighted by Gasteiger charge is 2.17. The van der Waals surface area contributed by atoms with Gasteiger partial charge in [-0.3, -0.25) is 4.68 Å². The lowest BCUT2D eigenvalue weighted by molar-refractivity contribution is 0.463. The standard InChI is InChI=1S/C17H27N5.HI/c1-2-18-17(20-14-7-3-4-8-14)19-13-15-11-12-22(21-15)16-9-5-6-10-16;/h3-4,11-12,14,16H,2,5-10,13H2,1H3,(H2,18,19,20);1H. The molecule has 6 heteroatoms. The van der Waals surface area contributed by atoms with Crippen molar-refractivity contribution in [1.82, 2.24) is 20.4 Å². The van der Waals surface area contributed by atoms with Crippen molar-refractivity contribution in [2.75, 3.05) is 6.54 Å². The Hall–Kier alpha value is -1.05. The fourth-order valence-electron chi connectivity index (χ4n) is 3.24. The molecule has 0 atom stereocenters. The molecule has 2 aliphatic carbocycles. The first kappa shape index (κ1) is 18.3. The minimum absolute atomic E-state index is 0. The molecule has 1 fully saturated rings. The summed E-state index contributed by atoms with van der Waals surface area (Å²) in [4.78, 5) is 4.68. The second kappa shape index (κ2) is 9.30. The van der Waals surface area contributed by atoms with E-state index in [0.717, 1.165) is 31.0 Å². The molecule has 1 aromatic rings. The summed E-state index contributed by atoms with van der Waals surface area (Å²) in [6.45, 7) is 3.61. The molecule has 0 aromatic carbocycles. The number of aromatic nitrogens is 2. The van der Waals surface area contributed by atoms with Crippen LogP contribution in [0.2, 0.25) is 0 Å². The number of nitrogens with zero attached hydrogens (tertiary/aromatic N) is 3. The Morgan fingerprint density at radius 3 is 2.74 bits per heavy atom. The molecule has 23 heavy (non-hydrogen) atoms. The largest absolute Gasteiger partial charge is 0.357 e. The van der Waals surface area contributed by atoms with Crippen molar-refractivity contribution in [2.45, 2.75) is 64.1 Å². The first-order chi connectivity index (χ1) is 10.8. The molecule has 0 bridgehead atoms. The molecular weight excluding hydrogens is 401 g/mol. The Labute approximate surface area is 156 Å². The van der Waals surface area contributed by atoms with E-state index in [1.165, 1.54) is 25.7 Å². The van der Waals surface area contributed by atoms with Crippen LogP contribution in [0.15, 0.2) is 29.4 Å². The maximum Gasteiger partial charge on any atom is 0.191 e. The molecule has 2 aliphatic rings. The summed E-state index contributed by atoms with van der Waals surface area (Å²) in [5.41, 5.74) is 1.05. The van der Waals surface area contributed by atoms with Gasteiger partial charge in [0, 0.05) is 18.8 Å². The van der Waals surface area contributed by atoms with Crippen molar-refractivity contribution >= 4 is 29.9 Å². The SMILES string of the molecule is CCNC(=NCc1ccn(C2CCCC2)n1)NC1CC=CC1.I. The van der Waals surface area contributed by atoms with Crippen LogP contribution in [-0.4, -0.2) is 28.3 Å². The summed E-state index contributed by atoms with van der Waals surface area (Å²) >= 11 is 0. The molecule has 1 saturated carbocycles. The molecule has 0 aliphatic heterocycles. The van der Waals surface area contributed by atoms with Crippen molar-refractivity contribution < 1.29 is 0 Å². The molecule has 0 amide bonds. The van der Waals surface area contributed by atoms with Crippen molar-refractivity contribution in [3.8, 4) is 0 Å². The third-order valence-corrected chi connectivity index (χ3v) is 4.45. The van der Waals surface area contributed by atoms with Crippen molar-refractivity contribution in [3.63, 3.8) is 0 Å². The first-order valence-corrected chi connectivity index (χ1v) is 8.59. The second-order valence-corrected chi connectivity index (χ2v) is 6.20. The third kappa shape index (κ3) is 5.22. The van der Waals surface area contributed by atoms with Gasteiger partial charge in [0.2, 0.25) is 0 Å². The van der Waals surface area contributed by atoms with Crippen LogP contribution in [0.5, 0.6) is 0 Å². The zero-order valence-electron chi connectivity index (χ0n) is 13.9. The number of guanidine groups is 1. The third-order valence-electron chi connectivity index (χ3n) is 4.45. The highest BCUT2D eigenvalue weighted by molar-refractivity contribution is 14.0. The maximum atomic E-state index is 4.70. The van der Waals surface area contributed by atoms with Crippen LogP contribution in [0, 0.1) is 0 Å². The predicted molar refractivity (Wildman–Crippen MR) is 105 cm³/mol. The lowest BCUT2D eigenvalue weighted by atomic mass is 10.2. The van der Waals surface area contributed by atoms with Gasteiger partial charge >= 0.3 is 0 Å². The van der Waals surface area contributed by atoms with E-state index < -0.39 is 0 Å². The Morgan fingerprint density at radius 2 is 2.04 bits per heavy atom.